The molecule has 1 radical (unpaired) electrons. The van der Waals surface area contributed by atoms with Gasteiger partial charge in [0.1, 0.15) is 0 Å². The molecule has 9 aliphatic rings. The number of nitrogens with zero attached hydrogens (tertiary/aromatic N) is 5. The quantitative estimate of drug-likeness (QED) is 0.167. The van der Waals surface area contributed by atoms with Crippen molar-refractivity contribution in [2.24, 2.45) is 0 Å². The van der Waals surface area contributed by atoms with Crippen LogP contribution in [-0.4, -0.2) is 60.5 Å². The van der Waals surface area contributed by atoms with Crippen molar-refractivity contribution in [3.8, 4) is 0 Å². The fourth-order valence-corrected chi connectivity index (χ4v) is 15.9. The Bertz CT molecular complexity index is 4150. The van der Waals surface area contributed by atoms with E-state index in [2.05, 4.69) is 197 Å². The number of benzene rings is 10. The first kappa shape index (κ1) is 34.6. The summed E-state index contributed by atoms with van der Waals surface area (Å²) >= 11 is 0. The zero-order valence-electron chi connectivity index (χ0n) is 37.3. The van der Waals surface area contributed by atoms with E-state index in [4.69, 9.17) is 0 Å². The standard InChI is InChI=1S/C58H35B5N5/c1-64-41-21-9-6-18-38(41)63-39-19-7-12-24-44(39)67-28-60-35-15-3-11-23-43(35)66-29-61-36-16-4-10-22-42(36)65-30-62-37-17-5-13-25-45(37)68-40-20-8-2-14-33(40)59-34-26-31-47-32-27-46(64)51(63)56(67)49(32)53(60)58(66)50(47)54(61)57(65)48(31)52(62)55(34)68/h2-27H,28-30H2,1H3. The van der Waals surface area contributed by atoms with Crippen LogP contribution < -0.4 is 84.6 Å². The zero-order chi connectivity index (χ0) is 43.6. The third kappa shape index (κ3) is 3.61. The highest BCUT2D eigenvalue weighted by molar-refractivity contribution is 7.02. The normalized spacial score (nSPS) is 16.6. The van der Waals surface area contributed by atoms with Gasteiger partial charge in [0.05, 0.1) is 0 Å². The predicted molar refractivity (Wildman–Crippen MR) is 293 cm³/mol. The molecule has 10 aromatic rings. The molecule has 0 fully saturated rings. The van der Waals surface area contributed by atoms with Crippen molar-refractivity contribution >= 4 is 189 Å². The average Bonchev–Trinajstić information content (AvgIpc) is 3.40. The summed E-state index contributed by atoms with van der Waals surface area (Å²) in [5.74, 6) is 0. The third-order valence-corrected chi connectivity index (χ3v) is 18.2. The second-order valence-electron chi connectivity index (χ2n) is 20.8. The molecule has 0 atom stereocenters. The fraction of sp³-hybridized carbons (Fsp3) is 0.0690. The number of anilines is 11. The van der Waals surface area contributed by atoms with Crippen molar-refractivity contribution in [3.05, 3.63) is 158 Å². The maximum Gasteiger partial charge on any atom is 0.252 e. The zero-order valence-corrected chi connectivity index (χ0v) is 37.3. The van der Waals surface area contributed by atoms with Gasteiger partial charge in [-0.2, -0.15) is 0 Å². The van der Waals surface area contributed by atoms with Gasteiger partial charge in [0.15, 0.2) is 7.28 Å². The molecule has 10 aromatic carbocycles. The first-order valence-electron chi connectivity index (χ1n) is 24.6. The maximum absolute atomic E-state index is 2.80. The van der Waals surface area contributed by atoms with Crippen LogP contribution in [0.1, 0.15) is 0 Å². The van der Waals surface area contributed by atoms with E-state index in [0.717, 1.165) is 19.3 Å². The van der Waals surface area contributed by atoms with Crippen LogP contribution in [0.25, 0.3) is 32.3 Å². The van der Waals surface area contributed by atoms with Crippen molar-refractivity contribution in [2.45, 2.75) is 0 Å². The van der Waals surface area contributed by atoms with E-state index in [1.54, 1.807) is 10.9 Å². The molecular weight excluding hydrogens is 821 g/mol. The highest BCUT2D eigenvalue weighted by Gasteiger charge is 2.54. The van der Waals surface area contributed by atoms with Crippen LogP contribution in [0.2, 0.25) is 0 Å². The van der Waals surface area contributed by atoms with E-state index < -0.39 is 0 Å². The fourth-order valence-electron chi connectivity index (χ4n) is 15.9. The lowest BCUT2D eigenvalue weighted by Crippen LogP contribution is -2.69. The SMILES string of the molecule is CN1c2ccccc2B2c3ccccc3N3CB4c5ccccc5N5CB6c7ccccc7N7CB8c9ccccc9N9c%10ccccc%10[B]c%10cc%11c(c8c%109)c7c6c6c5c4c4c3c2c1cc4c6%11. The molecule has 0 aliphatic carbocycles. The van der Waals surface area contributed by atoms with E-state index in [1.807, 2.05) is 0 Å². The minimum atomic E-state index is 0.144. The summed E-state index contributed by atoms with van der Waals surface area (Å²) in [4.78, 5) is 13.5. The number of fused-ring (bicyclic) bond motifs is 18. The van der Waals surface area contributed by atoms with Crippen LogP contribution in [0, 0.1) is 0 Å². The number of hydrogen-bond acceptors (Lipinski definition) is 5. The van der Waals surface area contributed by atoms with Gasteiger partial charge in [0, 0.05) is 105 Å². The Morgan fingerprint density at radius 2 is 0.809 bits per heavy atom. The predicted octanol–water partition coefficient (Wildman–Crippen LogP) is 4.34. The summed E-state index contributed by atoms with van der Waals surface area (Å²) in [6.45, 7) is 0.751. The lowest BCUT2D eigenvalue weighted by Gasteiger charge is -2.53. The van der Waals surface area contributed by atoms with Gasteiger partial charge in [0.2, 0.25) is 20.1 Å². The average molecular weight is 856 g/mol. The van der Waals surface area contributed by atoms with E-state index in [9.17, 15) is 0 Å². The molecule has 9 aliphatic heterocycles. The summed E-state index contributed by atoms with van der Waals surface area (Å²) in [5.41, 5.74) is 30.8. The van der Waals surface area contributed by atoms with Crippen LogP contribution in [0.3, 0.4) is 0 Å². The lowest BCUT2D eigenvalue weighted by atomic mass is 9.29. The van der Waals surface area contributed by atoms with Crippen LogP contribution in [0.15, 0.2) is 158 Å². The van der Waals surface area contributed by atoms with Crippen LogP contribution in [0.5, 0.6) is 0 Å². The molecule has 0 N–H and O–H groups in total. The maximum atomic E-state index is 2.80. The largest absolute Gasteiger partial charge is 0.349 e. The Kier molecular flexibility index (Phi) is 5.77. The highest BCUT2D eigenvalue weighted by Crippen LogP contribution is 2.54. The van der Waals surface area contributed by atoms with Crippen molar-refractivity contribution in [2.75, 3.05) is 50.9 Å². The lowest BCUT2D eigenvalue weighted by molar-refractivity contribution is 1.11. The van der Waals surface area contributed by atoms with Gasteiger partial charge in [-0.25, -0.2) is 0 Å². The molecule has 9 heterocycles. The Labute approximate surface area is 395 Å². The molecule has 0 amide bonds. The Morgan fingerprint density at radius 3 is 1.46 bits per heavy atom. The molecule has 0 bridgehead atoms. The van der Waals surface area contributed by atoms with Gasteiger partial charge in [-0.05, 0) is 108 Å². The second kappa shape index (κ2) is 11.3. The number of para-hydroxylation sites is 6. The van der Waals surface area contributed by atoms with Gasteiger partial charge >= 0.3 is 0 Å². The minimum Gasteiger partial charge on any atom is -0.349 e. The van der Waals surface area contributed by atoms with Gasteiger partial charge in [-0.1, -0.05) is 126 Å². The van der Waals surface area contributed by atoms with E-state index in [-0.39, 0.29) is 26.9 Å². The van der Waals surface area contributed by atoms with Crippen LogP contribution in [-0.2, 0) is 0 Å². The second-order valence-corrected chi connectivity index (χ2v) is 20.8. The van der Waals surface area contributed by atoms with Gasteiger partial charge < -0.3 is 24.5 Å². The molecule has 5 nitrogen and oxygen atoms in total. The minimum absolute atomic E-state index is 0.144. The Morgan fingerprint density at radius 1 is 0.368 bits per heavy atom. The van der Waals surface area contributed by atoms with Crippen molar-refractivity contribution in [3.63, 3.8) is 0 Å². The Balaban J connectivity index is 1.08. The molecule has 307 valence electrons. The summed E-state index contributed by atoms with van der Waals surface area (Å²) in [7, 11) is 4.83. The molecule has 0 saturated heterocycles. The summed E-state index contributed by atoms with van der Waals surface area (Å²) in [5, 5.41) is 8.62. The summed E-state index contributed by atoms with van der Waals surface area (Å²) < 4.78 is 0. The number of rotatable bonds is 0. The monoisotopic (exact) mass is 856 g/mol. The third-order valence-electron chi connectivity index (χ3n) is 18.2. The Hall–Kier alpha value is -7.70. The molecule has 19 rings (SSSR count). The van der Waals surface area contributed by atoms with Crippen molar-refractivity contribution in [1.29, 1.82) is 0 Å². The van der Waals surface area contributed by atoms with E-state index in [1.165, 1.54) is 144 Å². The van der Waals surface area contributed by atoms with Gasteiger partial charge in [-0.3, -0.25) is 0 Å². The molecule has 0 spiro atoms. The smallest absolute Gasteiger partial charge is 0.252 e. The molecule has 0 saturated carbocycles. The molecule has 10 heteroatoms. The van der Waals surface area contributed by atoms with Gasteiger partial charge in [0.25, 0.3) is 6.71 Å². The van der Waals surface area contributed by atoms with Crippen LogP contribution in [0.4, 0.5) is 62.6 Å². The molecular formula is C58H35B5N5. The molecule has 0 aromatic heterocycles. The topological polar surface area (TPSA) is 16.2 Å². The molecule has 68 heavy (non-hydrogen) atoms. The number of hydrogen-bond donors (Lipinski definition) is 0. The summed E-state index contributed by atoms with van der Waals surface area (Å²) in [6, 6.07) is 61.2. The van der Waals surface area contributed by atoms with Crippen molar-refractivity contribution in [1.82, 2.24) is 0 Å². The van der Waals surface area contributed by atoms with Gasteiger partial charge in [-0.15, -0.1) is 0 Å². The van der Waals surface area contributed by atoms with Crippen LogP contribution >= 0.6 is 0 Å². The first-order valence-corrected chi connectivity index (χ1v) is 24.6. The van der Waals surface area contributed by atoms with Crippen molar-refractivity contribution < 1.29 is 0 Å². The highest BCUT2D eigenvalue weighted by atomic mass is 15.2. The first-order chi connectivity index (χ1) is 33.7. The van der Waals surface area contributed by atoms with E-state index in [0.29, 0.717) is 0 Å². The van der Waals surface area contributed by atoms with E-state index >= 15 is 0 Å². The molecule has 0 unspecified atom stereocenters. The summed E-state index contributed by atoms with van der Waals surface area (Å²) in [6.07, 6.45) is 2.74.